The molecule has 0 radical (unpaired) electrons. The van der Waals surface area contributed by atoms with Crippen LogP contribution in [0.5, 0.6) is 5.75 Å². The predicted molar refractivity (Wildman–Crippen MR) is 110 cm³/mol. The molecule has 0 saturated carbocycles. The van der Waals surface area contributed by atoms with E-state index in [9.17, 15) is 18.3 Å². The summed E-state index contributed by atoms with van der Waals surface area (Å²) < 4.78 is 42.0. The maximum Gasteiger partial charge on any atom is 0.573 e. The summed E-state index contributed by atoms with van der Waals surface area (Å²) in [5.41, 5.74) is 2.65. The summed E-state index contributed by atoms with van der Waals surface area (Å²) in [6.45, 7) is 4.60. The summed E-state index contributed by atoms with van der Waals surface area (Å²) in [4.78, 5) is 6.11. The van der Waals surface area contributed by atoms with Crippen molar-refractivity contribution >= 4 is 22.9 Å². The molecule has 0 bridgehead atoms. The highest BCUT2D eigenvalue weighted by Crippen LogP contribution is 2.34. The first-order valence-corrected chi connectivity index (χ1v) is 9.90. The molecule has 0 saturated heterocycles. The van der Waals surface area contributed by atoms with Crippen molar-refractivity contribution in [1.29, 1.82) is 0 Å². The molecule has 162 valence electrons. The summed E-state index contributed by atoms with van der Waals surface area (Å²) in [5, 5.41) is 14.1. The Morgan fingerprint density at radius 1 is 1.27 bits per heavy atom. The lowest BCUT2D eigenvalue weighted by atomic mass is 10.0. The van der Waals surface area contributed by atoms with E-state index in [1.165, 1.54) is 12.1 Å². The number of aliphatic hydroxyl groups excluding tert-OH is 1. The van der Waals surface area contributed by atoms with Crippen molar-refractivity contribution < 1.29 is 23.0 Å². The van der Waals surface area contributed by atoms with Gasteiger partial charge in [0.05, 0.1) is 10.7 Å². The molecule has 2 heterocycles. The Morgan fingerprint density at radius 2 is 2.03 bits per heavy atom. The summed E-state index contributed by atoms with van der Waals surface area (Å²) in [7, 11) is 0. The normalized spacial score (nSPS) is 16.3. The van der Waals surface area contributed by atoms with E-state index in [0.717, 1.165) is 11.3 Å². The van der Waals surface area contributed by atoms with Crippen LogP contribution in [0.4, 0.5) is 18.9 Å². The van der Waals surface area contributed by atoms with Gasteiger partial charge in [0.15, 0.2) is 6.35 Å². The molecule has 0 spiro atoms. The average Bonchev–Trinajstić information content (AvgIpc) is 2.68. The van der Waals surface area contributed by atoms with Gasteiger partial charge in [0.25, 0.3) is 0 Å². The van der Waals surface area contributed by atoms with Crippen molar-refractivity contribution in [2.24, 2.45) is 0 Å². The molecule has 1 atom stereocenters. The van der Waals surface area contributed by atoms with Crippen LogP contribution in [-0.4, -0.2) is 40.8 Å². The zero-order chi connectivity index (χ0) is 21.9. The highest BCUT2D eigenvalue weighted by molar-refractivity contribution is 6.32. The molecule has 2 N–H and O–H groups in total. The fourth-order valence-corrected chi connectivity index (χ4v) is 3.53. The van der Waals surface area contributed by atoms with Gasteiger partial charge < -0.3 is 15.2 Å². The lowest BCUT2D eigenvalue weighted by molar-refractivity contribution is -0.274. The van der Waals surface area contributed by atoms with Gasteiger partial charge in [-0.25, -0.2) is 0 Å². The minimum atomic E-state index is -4.76. The van der Waals surface area contributed by atoms with Crippen molar-refractivity contribution in [3.63, 3.8) is 0 Å². The van der Waals surface area contributed by atoms with Crippen molar-refractivity contribution in [2.75, 3.05) is 18.4 Å². The number of ether oxygens (including phenoxy) is 1. The lowest BCUT2D eigenvalue weighted by Crippen LogP contribution is -2.43. The number of hydrogen-bond acceptors (Lipinski definition) is 5. The van der Waals surface area contributed by atoms with Crippen LogP contribution in [0.25, 0.3) is 5.57 Å². The summed E-state index contributed by atoms with van der Waals surface area (Å²) in [5.74, 6) is -0.430. The predicted octanol–water partition coefficient (Wildman–Crippen LogP) is 5.23. The molecule has 30 heavy (non-hydrogen) atoms. The average molecular weight is 442 g/mol. The second-order valence-electron chi connectivity index (χ2n) is 7.28. The Kier molecular flexibility index (Phi) is 6.90. The van der Waals surface area contributed by atoms with E-state index in [-0.39, 0.29) is 11.7 Å². The van der Waals surface area contributed by atoms with Gasteiger partial charge in [-0.15, -0.1) is 13.2 Å². The van der Waals surface area contributed by atoms with Crippen molar-refractivity contribution in [3.8, 4) is 5.75 Å². The highest BCUT2D eigenvalue weighted by atomic mass is 35.5. The number of benzene rings is 1. The van der Waals surface area contributed by atoms with Gasteiger partial charge in [-0.3, -0.25) is 9.88 Å². The fourth-order valence-electron chi connectivity index (χ4n) is 3.29. The van der Waals surface area contributed by atoms with Crippen LogP contribution in [0.2, 0.25) is 5.02 Å². The van der Waals surface area contributed by atoms with E-state index < -0.39 is 12.7 Å². The Hall–Kier alpha value is -2.29. The molecule has 5 nitrogen and oxygen atoms in total. The van der Waals surface area contributed by atoms with Gasteiger partial charge in [-0.05, 0) is 53.8 Å². The number of nitrogens with zero attached hydrogens (tertiary/aromatic N) is 2. The molecule has 0 amide bonds. The number of hydrogen-bond donors (Lipinski definition) is 2. The van der Waals surface area contributed by atoms with Gasteiger partial charge in [0.2, 0.25) is 0 Å². The van der Waals surface area contributed by atoms with Crippen molar-refractivity contribution in [1.82, 2.24) is 9.88 Å². The Labute approximate surface area is 178 Å². The standard InChI is InChI=1S/C21H23ClF3N3O2/c1-13(2)16-12-15(5-6-18(16)30-21(23,24)25)27-20(29)28-10-7-14(8-11-28)19-17(22)4-3-9-26-19/h3-7,9,12-13,20,27,29H,8,10-11H2,1-2H3. The van der Waals surface area contributed by atoms with Gasteiger partial charge in [0.1, 0.15) is 5.75 Å². The Balaban J connectivity index is 1.68. The molecular formula is C21H23ClF3N3O2. The topological polar surface area (TPSA) is 57.6 Å². The Morgan fingerprint density at radius 3 is 2.63 bits per heavy atom. The van der Waals surface area contributed by atoms with Crippen LogP contribution in [0.3, 0.4) is 0 Å². The van der Waals surface area contributed by atoms with Crippen LogP contribution in [0, 0.1) is 0 Å². The number of aromatic nitrogens is 1. The number of anilines is 1. The third kappa shape index (κ3) is 5.65. The molecule has 0 aliphatic carbocycles. The van der Waals surface area contributed by atoms with E-state index in [0.29, 0.717) is 35.8 Å². The van der Waals surface area contributed by atoms with E-state index in [2.05, 4.69) is 15.0 Å². The Bertz CT molecular complexity index is 919. The summed E-state index contributed by atoms with van der Waals surface area (Å²) in [6, 6.07) is 7.83. The van der Waals surface area contributed by atoms with Crippen LogP contribution in [0.15, 0.2) is 42.6 Å². The first kappa shape index (κ1) is 22.4. The first-order chi connectivity index (χ1) is 14.1. The van der Waals surface area contributed by atoms with Gasteiger partial charge in [0, 0.05) is 25.0 Å². The molecular weight excluding hydrogens is 419 g/mol. The quantitative estimate of drug-likeness (QED) is 0.601. The van der Waals surface area contributed by atoms with Crippen molar-refractivity contribution in [2.45, 2.75) is 38.9 Å². The number of aliphatic hydroxyl groups is 1. The number of rotatable bonds is 6. The lowest BCUT2D eigenvalue weighted by Gasteiger charge is -2.31. The third-order valence-electron chi connectivity index (χ3n) is 4.80. The zero-order valence-corrected chi connectivity index (χ0v) is 17.3. The number of nitrogens with one attached hydrogen (secondary N) is 1. The molecule has 3 rings (SSSR count). The SMILES string of the molecule is CC(C)c1cc(NC(O)N2CC=C(c3ncccc3Cl)CC2)ccc1OC(F)(F)F. The van der Waals surface area contributed by atoms with E-state index in [4.69, 9.17) is 11.6 Å². The molecule has 0 fully saturated rings. The molecule has 1 aromatic heterocycles. The molecule has 2 aromatic rings. The molecule has 1 aromatic carbocycles. The van der Waals surface area contributed by atoms with Gasteiger partial charge in [-0.2, -0.15) is 0 Å². The smallest absolute Gasteiger partial charge is 0.405 e. The van der Waals surface area contributed by atoms with Crippen LogP contribution < -0.4 is 10.1 Å². The van der Waals surface area contributed by atoms with Crippen LogP contribution in [-0.2, 0) is 0 Å². The van der Waals surface area contributed by atoms with E-state index in [1.54, 1.807) is 43.1 Å². The summed E-state index contributed by atoms with van der Waals surface area (Å²) in [6.07, 6.45) is -1.46. The van der Waals surface area contributed by atoms with Gasteiger partial charge >= 0.3 is 6.36 Å². The molecule has 9 heteroatoms. The van der Waals surface area contributed by atoms with Crippen LogP contribution >= 0.6 is 11.6 Å². The second kappa shape index (κ2) is 9.24. The first-order valence-electron chi connectivity index (χ1n) is 9.52. The fraction of sp³-hybridized carbons (Fsp3) is 0.381. The van der Waals surface area contributed by atoms with E-state index in [1.807, 2.05) is 6.08 Å². The number of pyridine rings is 1. The van der Waals surface area contributed by atoms with Crippen LogP contribution in [0.1, 0.15) is 37.4 Å². The second-order valence-corrected chi connectivity index (χ2v) is 7.69. The number of alkyl halides is 3. The largest absolute Gasteiger partial charge is 0.573 e. The third-order valence-corrected chi connectivity index (χ3v) is 5.11. The zero-order valence-electron chi connectivity index (χ0n) is 16.6. The monoisotopic (exact) mass is 441 g/mol. The summed E-state index contributed by atoms with van der Waals surface area (Å²) >= 11 is 6.20. The van der Waals surface area contributed by atoms with Crippen molar-refractivity contribution in [3.05, 3.63) is 58.9 Å². The minimum absolute atomic E-state index is 0.190. The number of halogens is 4. The molecule has 1 unspecified atom stereocenters. The highest BCUT2D eigenvalue weighted by Gasteiger charge is 2.32. The molecule has 1 aliphatic heterocycles. The van der Waals surface area contributed by atoms with E-state index >= 15 is 0 Å². The maximum atomic E-state index is 12.6. The maximum absolute atomic E-state index is 12.6. The minimum Gasteiger partial charge on any atom is -0.405 e. The molecule has 1 aliphatic rings. The van der Waals surface area contributed by atoms with Gasteiger partial charge in [-0.1, -0.05) is 31.5 Å².